The number of hydrazine groups is 1. The topological polar surface area (TPSA) is 88.5 Å². The van der Waals surface area contributed by atoms with Gasteiger partial charge in [0.1, 0.15) is 5.82 Å². The molecule has 1 aromatic heterocycles. The van der Waals surface area contributed by atoms with E-state index in [1.807, 2.05) is 32.9 Å². The van der Waals surface area contributed by atoms with E-state index in [2.05, 4.69) is 4.98 Å². The Hall–Kier alpha value is -2.28. The lowest BCUT2D eigenvalue weighted by Crippen LogP contribution is -2.49. The van der Waals surface area contributed by atoms with Crippen LogP contribution in [0.2, 0.25) is 10.0 Å². The molecule has 1 atom stereocenters. The molecule has 28 heavy (non-hydrogen) atoms. The zero-order valence-corrected chi connectivity index (χ0v) is 17.6. The zero-order valence-electron chi connectivity index (χ0n) is 16.0. The van der Waals surface area contributed by atoms with Gasteiger partial charge in [-0.2, -0.15) is 0 Å². The minimum atomic E-state index is -0.344. The molecule has 4 N–H and O–H groups in total. The number of hydrogen-bond acceptors (Lipinski definition) is 5. The highest BCUT2D eigenvalue weighted by Gasteiger charge is 2.32. The number of carbonyl (C=O) groups is 1. The second kappa shape index (κ2) is 7.99. The lowest BCUT2D eigenvalue weighted by molar-refractivity contribution is 0.0704. The summed E-state index contributed by atoms with van der Waals surface area (Å²) in [5.41, 5.74) is 9.97. The lowest BCUT2D eigenvalue weighted by Gasteiger charge is -2.38. The molecule has 2 heterocycles. The van der Waals surface area contributed by atoms with Crippen LogP contribution >= 0.6 is 23.2 Å². The smallest absolute Gasteiger partial charge is 0.255 e. The Morgan fingerprint density at radius 3 is 2.68 bits per heavy atom. The second-order valence-electron chi connectivity index (χ2n) is 6.94. The fraction of sp³-hybridized carbons (Fsp3) is 0.300. The molecule has 3 rings (SSSR count). The van der Waals surface area contributed by atoms with E-state index in [4.69, 9.17) is 34.8 Å². The first kappa shape index (κ1) is 20.5. The minimum absolute atomic E-state index is 0.213. The number of aromatic nitrogens is 1. The summed E-state index contributed by atoms with van der Waals surface area (Å²) in [5.74, 6) is 6.74. The molecule has 1 unspecified atom stereocenters. The summed E-state index contributed by atoms with van der Waals surface area (Å²) in [6, 6.07) is 8.55. The molecule has 1 aliphatic heterocycles. The summed E-state index contributed by atoms with van der Waals surface area (Å²) in [6.07, 6.45) is 0.505. The first-order chi connectivity index (χ1) is 13.2. The molecule has 1 amide bonds. The van der Waals surface area contributed by atoms with Crippen LogP contribution in [0.3, 0.4) is 0 Å². The van der Waals surface area contributed by atoms with Gasteiger partial charge in [0, 0.05) is 18.7 Å². The molecule has 6 nitrogen and oxygen atoms in total. The van der Waals surface area contributed by atoms with E-state index in [9.17, 15) is 4.79 Å². The van der Waals surface area contributed by atoms with Crippen LogP contribution in [0.15, 0.2) is 41.7 Å². The van der Waals surface area contributed by atoms with Crippen molar-refractivity contribution in [2.45, 2.75) is 33.2 Å². The van der Waals surface area contributed by atoms with Crippen molar-refractivity contribution in [3.05, 3.63) is 68.6 Å². The number of carbonyl (C=O) groups excluding carboxylic acids is 1. The number of amides is 1. The zero-order chi connectivity index (χ0) is 20.6. The van der Waals surface area contributed by atoms with E-state index >= 15 is 0 Å². The van der Waals surface area contributed by atoms with Gasteiger partial charge in [0.2, 0.25) is 0 Å². The molecule has 1 aromatic carbocycles. The van der Waals surface area contributed by atoms with Gasteiger partial charge in [-0.1, -0.05) is 29.3 Å². The lowest BCUT2D eigenvalue weighted by atomic mass is 10.0. The molecule has 148 valence electrons. The third kappa shape index (κ3) is 3.81. The number of anilines is 1. The van der Waals surface area contributed by atoms with Gasteiger partial charge in [0.15, 0.2) is 0 Å². The van der Waals surface area contributed by atoms with E-state index < -0.39 is 0 Å². The van der Waals surface area contributed by atoms with Gasteiger partial charge >= 0.3 is 0 Å². The van der Waals surface area contributed by atoms with Crippen LogP contribution in [0, 0.1) is 13.8 Å². The van der Waals surface area contributed by atoms with E-state index in [-0.39, 0.29) is 17.0 Å². The number of nitrogens with two attached hydrogens (primary N) is 2. The Morgan fingerprint density at radius 1 is 1.29 bits per heavy atom. The number of benzene rings is 1. The van der Waals surface area contributed by atoms with E-state index in [0.717, 1.165) is 17.0 Å². The molecule has 0 fully saturated rings. The number of aryl methyl sites for hydroxylation is 2. The number of nitrogens with zero attached hydrogens (tertiary/aromatic N) is 3. The molecule has 0 spiro atoms. The Morgan fingerprint density at radius 2 is 2.00 bits per heavy atom. The third-order valence-corrected chi connectivity index (χ3v) is 5.72. The number of halogens is 2. The molecular formula is C20H23Cl2N5O. The van der Waals surface area contributed by atoms with Gasteiger partial charge in [-0.25, -0.2) is 10.8 Å². The maximum Gasteiger partial charge on any atom is 0.255 e. The summed E-state index contributed by atoms with van der Waals surface area (Å²) in [4.78, 5) is 19.2. The van der Waals surface area contributed by atoms with Crippen molar-refractivity contribution in [2.75, 3.05) is 11.6 Å². The van der Waals surface area contributed by atoms with Crippen molar-refractivity contribution in [1.82, 2.24) is 9.88 Å². The quantitative estimate of drug-likeness (QED) is 0.583. The number of hydrogen-bond donors (Lipinski definition) is 2. The fourth-order valence-electron chi connectivity index (χ4n) is 3.42. The van der Waals surface area contributed by atoms with Gasteiger partial charge in [0.25, 0.3) is 5.91 Å². The van der Waals surface area contributed by atoms with Gasteiger partial charge in [-0.3, -0.25) is 9.80 Å². The van der Waals surface area contributed by atoms with Crippen molar-refractivity contribution >= 4 is 34.9 Å². The predicted molar refractivity (Wildman–Crippen MR) is 113 cm³/mol. The summed E-state index contributed by atoms with van der Waals surface area (Å²) in [6.45, 7) is 6.23. The normalized spacial score (nSPS) is 17.1. The maximum atomic E-state index is 13.0. The monoisotopic (exact) mass is 419 g/mol. The highest BCUT2D eigenvalue weighted by molar-refractivity contribution is 6.43. The molecule has 1 aliphatic rings. The summed E-state index contributed by atoms with van der Waals surface area (Å²) >= 11 is 12.3. The van der Waals surface area contributed by atoms with E-state index in [0.29, 0.717) is 35.1 Å². The van der Waals surface area contributed by atoms with Gasteiger partial charge in [-0.05, 0) is 50.6 Å². The second-order valence-corrected chi connectivity index (χ2v) is 7.73. The maximum absolute atomic E-state index is 13.0. The van der Waals surface area contributed by atoms with Gasteiger partial charge in [-0.15, -0.1) is 0 Å². The first-order valence-corrected chi connectivity index (χ1v) is 9.70. The predicted octanol–water partition coefficient (Wildman–Crippen LogP) is 3.79. The summed E-state index contributed by atoms with van der Waals surface area (Å²) in [7, 11) is 0. The highest BCUT2D eigenvalue weighted by atomic mass is 35.5. The Balaban J connectivity index is 1.89. The van der Waals surface area contributed by atoms with Crippen LogP contribution in [0.5, 0.6) is 0 Å². The van der Waals surface area contributed by atoms with Crippen molar-refractivity contribution < 1.29 is 4.79 Å². The molecular weight excluding hydrogens is 397 g/mol. The molecule has 0 saturated heterocycles. The van der Waals surface area contributed by atoms with E-state index in [1.54, 1.807) is 23.1 Å². The van der Waals surface area contributed by atoms with Crippen LogP contribution in [-0.2, 0) is 0 Å². The number of pyridine rings is 1. The average molecular weight is 420 g/mol. The molecule has 0 radical (unpaired) electrons. The van der Waals surface area contributed by atoms with Gasteiger partial charge < -0.3 is 10.6 Å². The summed E-state index contributed by atoms with van der Waals surface area (Å²) in [5, 5.41) is 2.10. The number of rotatable bonds is 3. The molecule has 2 aromatic rings. The van der Waals surface area contributed by atoms with Gasteiger partial charge in [0.05, 0.1) is 33.0 Å². The Bertz CT molecular complexity index is 939. The van der Waals surface area contributed by atoms with Crippen LogP contribution in [0.4, 0.5) is 5.82 Å². The average Bonchev–Trinajstić information content (AvgIpc) is 2.64. The van der Waals surface area contributed by atoms with Crippen molar-refractivity contribution in [2.24, 2.45) is 11.6 Å². The standard InChI is InChI=1S/C20H23Cl2N5O/c1-11-9-12(2)25-17(10-11)27(24)16-7-8-26(13(3)19(16)23)20(28)14-5-4-6-15(21)18(14)22/h4-6,9-10,13H,7-8,23-24H2,1-3H3. The van der Waals surface area contributed by atoms with Crippen molar-refractivity contribution in [3.63, 3.8) is 0 Å². The minimum Gasteiger partial charge on any atom is -0.399 e. The third-order valence-electron chi connectivity index (χ3n) is 4.91. The molecule has 0 aliphatic carbocycles. The van der Waals surface area contributed by atoms with Crippen LogP contribution < -0.4 is 16.6 Å². The Labute approximate surface area is 174 Å². The Kier molecular flexibility index (Phi) is 5.84. The summed E-state index contributed by atoms with van der Waals surface area (Å²) < 4.78 is 0. The van der Waals surface area contributed by atoms with Crippen LogP contribution in [-0.4, -0.2) is 28.4 Å². The van der Waals surface area contributed by atoms with Crippen molar-refractivity contribution in [3.8, 4) is 0 Å². The fourth-order valence-corrected chi connectivity index (χ4v) is 3.80. The molecule has 8 heteroatoms. The first-order valence-electron chi connectivity index (χ1n) is 8.94. The van der Waals surface area contributed by atoms with Crippen LogP contribution in [0.25, 0.3) is 0 Å². The largest absolute Gasteiger partial charge is 0.399 e. The van der Waals surface area contributed by atoms with Crippen molar-refractivity contribution in [1.29, 1.82) is 0 Å². The molecule has 0 saturated carbocycles. The van der Waals surface area contributed by atoms with E-state index in [1.165, 1.54) is 5.01 Å². The molecule has 0 bridgehead atoms. The SMILES string of the molecule is Cc1cc(C)nc(N(N)C2=C(N)C(C)N(C(=O)c3cccc(Cl)c3Cl)CC2)c1. The highest BCUT2D eigenvalue weighted by Crippen LogP contribution is 2.30. The van der Waals surface area contributed by atoms with Crippen LogP contribution in [0.1, 0.15) is 35.0 Å².